The van der Waals surface area contributed by atoms with Gasteiger partial charge in [-0.15, -0.1) is 0 Å². The molecule has 2 heterocycles. The number of amides is 1. The Morgan fingerprint density at radius 2 is 1.79 bits per heavy atom. The number of carbonyl (C=O) groups is 1. The van der Waals surface area contributed by atoms with Gasteiger partial charge < -0.3 is 9.64 Å². The summed E-state index contributed by atoms with van der Waals surface area (Å²) >= 11 is 0. The molecule has 154 valence electrons. The minimum atomic E-state index is 0.264. The molecule has 1 atom stereocenters. The molecule has 1 saturated carbocycles. The van der Waals surface area contributed by atoms with Gasteiger partial charge in [0.25, 0.3) is 0 Å². The van der Waals surface area contributed by atoms with Crippen LogP contribution in [0.4, 0.5) is 0 Å². The van der Waals surface area contributed by atoms with Gasteiger partial charge >= 0.3 is 0 Å². The van der Waals surface area contributed by atoms with E-state index >= 15 is 0 Å². The van der Waals surface area contributed by atoms with Gasteiger partial charge in [-0.25, -0.2) is 0 Å². The van der Waals surface area contributed by atoms with E-state index < -0.39 is 0 Å². The smallest absolute Gasteiger partial charge is 0.222 e. The monoisotopic (exact) mass is 385 g/mol. The van der Waals surface area contributed by atoms with Gasteiger partial charge in [0.05, 0.1) is 6.10 Å². The summed E-state index contributed by atoms with van der Waals surface area (Å²) in [6.45, 7) is 8.81. The number of rotatable bonds is 6. The first-order chi connectivity index (χ1) is 13.8. The van der Waals surface area contributed by atoms with Crippen LogP contribution in [0.5, 0.6) is 0 Å². The van der Waals surface area contributed by atoms with Crippen molar-refractivity contribution in [2.45, 2.75) is 44.8 Å². The third kappa shape index (κ3) is 6.03. The number of hydrogen-bond donors (Lipinski definition) is 0. The molecular formula is C23H35N3O2. The first-order valence-electron chi connectivity index (χ1n) is 11.1. The number of carbonyl (C=O) groups excluding carboxylic acids is 1. The Bertz CT molecular complexity index is 620. The SMILES string of the molecule is O=C(CC1CC1)N1CCCN(CC2CN(Cc3ccccc3)CCCO2)CC1. The van der Waals surface area contributed by atoms with Gasteiger partial charge in [0.2, 0.25) is 5.91 Å². The molecule has 2 saturated heterocycles. The van der Waals surface area contributed by atoms with Gasteiger partial charge in [0, 0.05) is 58.8 Å². The summed E-state index contributed by atoms with van der Waals surface area (Å²) in [7, 11) is 0. The van der Waals surface area contributed by atoms with E-state index in [4.69, 9.17) is 4.74 Å². The standard InChI is InChI=1S/C23H35N3O2/c27-23(16-20-8-9-20)26-12-4-10-24(13-14-26)18-22-19-25(11-5-15-28-22)17-21-6-2-1-3-7-21/h1-3,6-7,20,22H,4-5,8-19H2. The predicted molar refractivity (Wildman–Crippen MR) is 111 cm³/mol. The fraction of sp³-hybridized carbons (Fsp3) is 0.696. The maximum atomic E-state index is 12.4. The fourth-order valence-electron chi connectivity index (χ4n) is 4.45. The Morgan fingerprint density at radius 1 is 0.964 bits per heavy atom. The van der Waals surface area contributed by atoms with Crippen molar-refractivity contribution < 1.29 is 9.53 Å². The Kier molecular flexibility index (Phi) is 7.00. The van der Waals surface area contributed by atoms with E-state index in [1.807, 2.05) is 0 Å². The van der Waals surface area contributed by atoms with Gasteiger partial charge in [-0.3, -0.25) is 14.6 Å². The predicted octanol–water partition coefficient (Wildman–Crippen LogP) is 2.61. The van der Waals surface area contributed by atoms with Crippen LogP contribution in [0, 0.1) is 5.92 Å². The summed E-state index contributed by atoms with van der Waals surface area (Å²) in [5, 5.41) is 0. The molecule has 0 bridgehead atoms. The molecule has 1 aromatic rings. The van der Waals surface area contributed by atoms with E-state index in [0.717, 1.165) is 78.2 Å². The minimum absolute atomic E-state index is 0.264. The van der Waals surface area contributed by atoms with Crippen LogP contribution in [-0.2, 0) is 16.1 Å². The maximum Gasteiger partial charge on any atom is 0.222 e. The van der Waals surface area contributed by atoms with Crippen molar-refractivity contribution in [1.29, 1.82) is 0 Å². The van der Waals surface area contributed by atoms with E-state index in [1.165, 1.54) is 18.4 Å². The third-order valence-corrected chi connectivity index (χ3v) is 6.25. The zero-order valence-corrected chi connectivity index (χ0v) is 17.1. The number of nitrogens with zero attached hydrogens (tertiary/aromatic N) is 3. The van der Waals surface area contributed by atoms with Crippen LogP contribution in [0.15, 0.2) is 30.3 Å². The van der Waals surface area contributed by atoms with E-state index in [-0.39, 0.29) is 6.10 Å². The fourth-order valence-corrected chi connectivity index (χ4v) is 4.45. The summed E-state index contributed by atoms with van der Waals surface area (Å²) in [5.74, 6) is 1.06. The summed E-state index contributed by atoms with van der Waals surface area (Å²) in [4.78, 5) is 19.6. The molecule has 0 N–H and O–H groups in total. The molecule has 1 aromatic carbocycles. The molecule has 1 amide bonds. The topological polar surface area (TPSA) is 36.0 Å². The van der Waals surface area contributed by atoms with Crippen molar-refractivity contribution in [1.82, 2.24) is 14.7 Å². The molecule has 5 heteroatoms. The molecule has 28 heavy (non-hydrogen) atoms. The van der Waals surface area contributed by atoms with Crippen LogP contribution in [0.1, 0.15) is 37.7 Å². The molecule has 1 aliphatic carbocycles. The summed E-state index contributed by atoms with van der Waals surface area (Å²) in [5.41, 5.74) is 1.38. The number of ether oxygens (including phenoxy) is 1. The van der Waals surface area contributed by atoms with Gasteiger partial charge in [-0.2, -0.15) is 0 Å². The average molecular weight is 386 g/mol. The molecular weight excluding hydrogens is 350 g/mol. The van der Waals surface area contributed by atoms with Gasteiger partial charge in [0.15, 0.2) is 0 Å². The van der Waals surface area contributed by atoms with Crippen molar-refractivity contribution in [2.75, 3.05) is 52.4 Å². The number of benzene rings is 1. The normalized spacial score (nSPS) is 25.3. The van der Waals surface area contributed by atoms with Crippen LogP contribution in [0.25, 0.3) is 0 Å². The van der Waals surface area contributed by atoms with Gasteiger partial charge in [-0.1, -0.05) is 30.3 Å². The molecule has 0 aromatic heterocycles. The van der Waals surface area contributed by atoms with Crippen molar-refractivity contribution in [3.05, 3.63) is 35.9 Å². The molecule has 3 fully saturated rings. The second-order valence-corrected chi connectivity index (χ2v) is 8.75. The number of hydrogen-bond acceptors (Lipinski definition) is 4. The zero-order valence-electron chi connectivity index (χ0n) is 17.1. The second-order valence-electron chi connectivity index (χ2n) is 8.75. The highest BCUT2D eigenvalue weighted by Crippen LogP contribution is 2.33. The van der Waals surface area contributed by atoms with Crippen LogP contribution in [-0.4, -0.2) is 79.1 Å². The third-order valence-electron chi connectivity index (χ3n) is 6.25. The van der Waals surface area contributed by atoms with Crippen LogP contribution in [0.2, 0.25) is 0 Å². The summed E-state index contributed by atoms with van der Waals surface area (Å²) in [6.07, 6.45) is 5.73. The Labute approximate surface area is 169 Å². The highest BCUT2D eigenvalue weighted by molar-refractivity contribution is 5.76. The summed E-state index contributed by atoms with van der Waals surface area (Å²) < 4.78 is 6.19. The quantitative estimate of drug-likeness (QED) is 0.754. The molecule has 2 aliphatic heterocycles. The lowest BCUT2D eigenvalue weighted by Gasteiger charge is -2.28. The second kappa shape index (κ2) is 9.86. The van der Waals surface area contributed by atoms with Crippen LogP contribution >= 0.6 is 0 Å². The van der Waals surface area contributed by atoms with Gasteiger partial charge in [0.1, 0.15) is 0 Å². The largest absolute Gasteiger partial charge is 0.376 e. The van der Waals surface area contributed by atoms with Gasteiger partial charge in [-0.05, 0) is 43.7 Å². The molecule has 1 unspecified atom stereocenters. The molecule has 0 radical (unpaired) electrons. The van der Waals surface area contributed by atoms with E-state index in [1.54, 1.807) is 0 Å². The minimum Gasteiger partial charge on any atom is -0.376 e. The van der Waals surface area contributed by atoms with Crippen molar-refractivity contribution in [3.63, 3.8) is 0 Å². The first kappa shape index (κ1) is 19.9. The highest BCUT2D eigenvalue weighted by atomic mass is 16.5. The molecule has 3 aliphatic rings. The van der Waals surface area contributed by atoms with E-state index in [9.17, 15) is 4.79 Å². The van der Waals surface area contributed by atoms with Crippen LogP contribution < -0.4 is 0 Å². The summed E-state index contributed by atoms with van der Waals surface area (Å²) in [6, 6.07) is 10.7. The Hall–Kier alpha value is -1.43. The maximum absolute atomic E-state index is 12.4. The molecule has 5 nitrogen and oxygen atoms in total. The molecule has 4 rings (SSSR count). The van der Waals surface area contributed by atoms with Crippen molar-refractivity contribution >= 4 is 5.91 Å². The van der Waals surface area contributed by atoms with Crippen molar-refractivity contribution in [2.24, 2.45) is 5.92 Å². The lowest BCUT2D eigenvalue weighted by Crippen LogP contribution is -2.42. The lowest BCUT2D eigenvalue weighted by molar-refractivity contribution is -0.131. The average Bonchev–Trinajstić information content (AvgIpc) is 3.53. The Balaban J connectivity index is 1.25. The molecule has 0 spiro atoms. The van der Waals surface area contributed by atoms with Crippen LogP contribution in [0.3, 0.4) is 0 Å². The highest BCUT2D eigenvalue weighted by Gasteiger charge is 2.28. The van der Waals surface area contributed by atoms with E-state index in [2.05, 4.69) is 45.0 Å². The Morgan fingerprint density at radius 3 is 2.61 bits per heavy atom. The van der Waals surface area contributed by atoms with E-state index in [0.29, 0.717) is 11.8 Å². The zero-order chi connectivity index (χ0) is 19.2. The van der Waals surface area contributed by atoms with Crippen molar-refractivity contribution in [3.8, 4) is 0 Å². The first-order valence-corrected chi connectivity index (χ1v) is 11.1. The lowest BCUT2D eigenvalue weighted by atomic mass is 10.2.